The van der Waals surface area contributed by atoms with Crippen LogP contribution in [-0.4, -0.2) is 41.7 Å². The molecule has 0 spiro atoms. The minimum atomic E-state index is -3.66. The Bertz CT molecular complexity index is 670. The number of nitrogens with zero attached hydrogens (tertiary/aromatic N) is 3. The minimum Gasteiger partial charge on any atom is -0.396 e. The van der Waals surface area contributed by atoms with Gasteiger partial charge in [-0.2, -0.15) is 0 Å². The predicted octanol–water partition coefficient (Wildman–Crippen LogP) is 0.260. The fourth-order valence-corrected chi connectivity index (χ4v) is 3.21. The lowest BCUT2D eigenvalue weighted by molar-refractivity contribution is 0.275. The second-order valence-electron chi connectivity index (χ2n) is 4.67. The molecule has 1 heterocycles. The van der Waals surface area contributed by atoms with E-state index in [0.717, 1.165) is 5.56 Å². The Kier molecular flexibility index (Phi) is 5.05. The highest BCUT2D eigenvalue weighted by Crippen LogP contribution is 2.19. The molecule has 1 atom stereocenters. The summed E-state index contributed by atoms with van der Waals surface area (Å²) in [5, 5.41) is 16.3. The van der Waals surface area contributed by atoms with E-state index in [1.807, 2.05) is 30.3 Å². The number of nitrogens with one attached hydrogen (secondary N) is 1. The van der Waals surface area contributed by atoms with E-state index >= 15 is 0 Å². The number of benzene rings is 1. The molecule has 0 fully saturated rings. The molecule has 2 rings (SSSR count). The summed E-state index contributed by atoms with van der Waals surface area (Å²) in [6, 6.07) is 9.50. The summed E-state index contributed by atoms with van der Waals surface area (Å²) in [7, 11) is -2.14. The first-order chi connectivity index (χ1) is 10.0. The van der Waals surface area contributed by atoms with Crippen molar-refractivity contribution in [2.45, 2.75) is 17.4 Å². The Morgan fingerprint density at radius 3 is 2.62 bits per heavy atom. The maximum Gasteiger partial charge on any atom is 0.259 e. The molecule has 0 unspecified atom stereocenters. The standard InChI is InChI=1S/C13H18N4O3S/c1-17-13(10-14-16-17)21(19,20)15-9-12(7-8-18)11-5-3-2-4-6-11/h2-6,10,12,15,18H,7-9H2,1H3/t12-/m1/s1. The fourth-order valence-electron chi connectivity index (χ4n) is 2.08. The highest BCUT2D eigenvalue weighted by atomic mass is 32.2. The zero-order chi connectivity index (χ0) is 15.3. The topological polar surface area (TPSA) is 97.1 Å². The molecular formula is C13H18N4O3S. The highest BCUT2D eigenvalue weighted by molar-refractivity contribution is 7.89. The van der Waals surface area contributed by atoms with E-state index in [0.29, 0.717) is 6.42 Å². The van der Waals surface area contributed by atoms with E-state index in [1.54, 1.807) is 0 Å². The van der Waals surface area contributed by atoms with Gasteiger partial charge in [-0.1, -0.05) is 35.5 Å². The van der Waals surface area contributed by atoms with Crippen molar-refractivity contribution in [3.05, 3.63) is 42.1 Å². The van der Waals surface area contributed by atoms with Gasteiger partial charge in [0.2, 0.25) is 0 Å². The maximum atomic E-state index is 12.2. The Labute approximate surface area is 123 Å². The summed E-state index contributed by atoms with van der Waals surface area (Å²) in [5.41, 5.74) is 0.984. The van der Waals surface area contributed by atoms with Gasteiger partial charge in [-0.05, 0) is 17.9 Å². The molecule has 0 aliphatic carbocycles. The largest absolute Gasteiger partial charge is 0.396 e. The number of hydrogen-bond acceptors (Lipinski definition) is 5. The van der Waals surface area contributed by atoms with Crippen LogP contribution in [0.25, 0.3) is 0 Å². The van der Waals surface area contributed by atoms with Gasteiger partial charge < -0.3 is 5.11 Å². The van der Waals surface area contributed by atoms with Crippen molar-refractivity contribution in [3.63, 3.8) is 0 Å². The van der Waals surface area contributed by atoms with Crippen molar-refractivity contribution in [1.29, 1.82) is 0 Å². The van der Waals surface area contributed by atoms with Crippen LogP contribution >= 0.6 is 0 Å². The van der Waals surface area contributed by atoms with E-state index in [9.17, 15) is 8.42 Å². The van der Waals surface area contributed by atoms with Crippen LogP contribution in [0, 0.1) is 0 Å². The summed E-state index contributed by atoms with van der Waals surface area (Å²) >= 11 is 0. The Hall–Kier alpha value is -1.77. The van der Waals surface area contributed by atoms with E-state index in [1.165, 1.54) is 17.9 Å². The molecule has 2 aromatic rings. The summed E-state index contributed by atoms with van der Waals surface area (Å²) in [5.74, 6) is -0.0906. The first kappa shape index (κ1) is 15.6. The van der Waals surface area contributed by atoms with Gasteiger partial charge in [0.1, 0.15) is 0 Å². The molecule has 0 aliphatic heterocycles. The Balaban J connectivity index is 2.11. The monoisotopic (exact) mass is 310 g/mol. The quantitative estimate of drug-likeness (QED) is 0.764. The van der Waals surface area contributed by atoms with Crippen molar-refractivity contribution in [3.8, 4) is 0 Å². The van der Waals surface area contributed by atoms with Crippen LogP contribution < -0.4 is 4.72 Å². The van der Waals surface area contributed by atoms with Gasteiger partial charge in [-0.3, -0.25) is 0 Å². The lowest BCUT2D eigenvalue weighted by Gasteiger charge is -2.17. The number of sulfonamides is 1. The Morgan fingerprint density at radius 2 is 2.05 bits per heavy atom. The zero-order valence-electron chi connectivity index (χ0n) is 11.7. The van der Waals surface area contributed by atoms with Crippen LogP contribution in [0.5, 0.6) is 0 Å². The normalized spacial score (nSPS) is 13.2. The number of aliphatic hydroxyl groups is 1. The molecule has 114 valence electrons. The molecule has 0 radical (unpaired) electrons. The van der Waals surface area contributed by atoms with Gasteiger partial charge in [-0.15, -0.1) is 5.10 Å². The second-order valence-corrected chi connectivity index (χ2v) is 6.38. The van der Waals surface area contributed by atoms with Crippen LogP contribution in [0.3, 0.4) is 0 Å². The average Bonchev–Trinajstić information content (AvgIpc) is 2.91. The number of aliphatic hydroxyl groups excluding tert-OH is 1. The van der Waals surface area contributed by atoms with Gasteiger partial charge >= 0.3 is 0 Å². The van der Waals surface area contributed by atoms with Crippen LogP contribution in [-0.2, 0) is 17.1 Å². The molecule has 1 aromatic carbocycles. The van der Waals surface area contributed by atoms with E-state index in [4.69, 9.17) is 5.11 Å². The molecule has 0 saturated heterocycles. The molecule has 0 saturated carbocycles. The summed E-state index contributed by atoms with van der Waals surface area (Å²) < 4.78 is 28.1. The van der Waals surface area contributed by atoms with Gasteiger partial charge in [0.25, 0.3) is 10.0 Å². The highest BCUT2D eigenvalue weighted by Gasteiger charge is 2.21. The first-order valence-electron chi connectivity index (χ1n) is 6.54. The van der Waals surface area contributed by atoms with E-state index in [-0.39, 0.29) is 24.1 Å². The molecular weight excluding hydrogens is 292 g/mol. The predicted molar refractivity (Wildman–Crippen MR) is 77.1 cm³/mol. The lowest BCUT2D eigenvalue weighted by Crippen LogP contribution is -2.30. The summed E-state index contributed by atoms with van der Waals surface area (Å²) in [6.45, 7) is 0.201. The molecule has 0 aliphatic rings. The third-order valence-electron chi connectivity index (χ3n) is 3.22. The van der Waals surface area contributed by atoms with Gasteiger partial charge in [0.05, 0.1) is 6.20 Å². The van der Waals surface area contributed by atoms with Crippen LogP contribution in [0.1, 0.15) is 17.9 Å². The molecule has 7 nitrogen and oxygen atoms in total. The van der Waals surface area contributed by atoms with E-state index in [2.05, 4.69) is 15.0 Å². The molecule has 21 heavy (non-hydrogen) atoms. The van der Waals surface area contributed by atoms with Gasteiger partial charge in [0.15, 0.2) is 5.03 Å². The first-order valence-corrected chi connectivity index (χ1v) is 8.03. The molecule has 2 N–H and O–H groups in total. The number of aryl methyl sites for hydroxylation is 1. The number of hydrogen-bond donors (Lipinski definition) is 2. The average molecular weight is 310 g/mol. The van der Waals surface area contributed by atoms with Crippen molar-refractivity contribution < 1.29 is 13.5 Å². The SMILES string of the molecule is Cn1nncc1S(=O)(=O)NC[C@@H](CCO)c1ccccc1. The molecule has 1 aromatic heterocycles. The van der Waals surface area contributed by atoms with Gasteiger partial charge in [-0.25, -0.2) is 17.8 Å². The maximum absolute atomic E-state index is 12.2. The van der Waals surface area contributed by atoms with Crippen LogP contribution in [0.4, 0.5) is 0 Å². The van der Waals surface area contributed by atoms with Crippen molar-refractivity contribution >= 4 is 10.0 Å². The van der Waals surface area contributed by atoms with Gasteiger partial charge in [0, 0.05) is 20.2 Å². The van der Waals surface area contributed by atoms with Crippen LogP contribution in [0.2, 0.25) is 0 Å². The Morgan fingerprint density at radius 1 is 1.33 bits per heavy atom. The number of rotatable bonds is 7. The van der Waals surface area contributed by atoms with Crippen LogP contribution in [0.15, 0.2) is 41.6 Å². The fraction of sp³-hybridized carbons (Fsp3) is 0.385. The van der Waals surface area contributed by atoms with Crippen molar-refractivity contribution in [2.24, 2.45) is 7.05 Å². The second kappa shape index (κ2) is 6.79. The molecule has 8 heteroatoms. The summed E-state index contributed by atoms with van der Waals surface area (Å²) in [6.07, 6.45) is 1.68. The van der Waals surface area contributed by atoms with E-state index < -0.39 is 10.0 Å². The molecule has 0 amide bonds. The smallest absolute Gasteiger partial charge is 0.259 e. The molecule has 0 bridgehead atoms. The zero-order valence-corrected chi connectivity index (χ0v) is 12.5. The third kappa shape index (κ3) is 3.87. The summed E-state index contributed by atoms with van der Waals surface area (Å²) in [4.78, 5) is 0. The van der Waals surface area contributed by atoms with Crippen molar-refractivity contribution in [2.75, 3.05) is 13.2 Å². The number of aromatic nitrogens is 3. The lowest BCUT2D eigenvalue weighted by atomic mass is 9.96. The van der Waals surface area contributed by atoms with Crippen molar-refractivity contribution in [1.82, 2.24) is 19.7 Å². The minimum absolute atomic E-state index is 0.00540. The third-order valence-corrected chi connectivity index (χ3v) is 4.68.